The minimum Gasteiger partial charge on any atom is -0.481 e. The number of carbonyl (C=O) groups excluding carboxylic acids is 2. The molecule has 184 valence electrons. The van der Waals surface area contributed by atoms with Crippen LogP contribution in [-0.2, 0) is 19.1 Å². The van der Waals surface area contributed by atoms with Gasteiger partial charge in [0.25, 0.3) is 0 Å². The molecule has 6 heteroatoms. The van der Waals surface area contributed by atoms with Crippen LogP contribution in [0.25, 0.3) is 0 Å². The third-order valence-electron chi connectivity index (χ3n) is 10.1. The van der Waals surface area contributed by atoms with Gasteiger partial charge >= 0.3 is 11.9 Å². The lowest BCUT2D eigenvalue weighted by atomic mass is 9.44. The number of aliphatic hydroxyl groups is 1. The Morgan fingerprint density at radius 3 is 2.58 bits per heavy atom. The van der Waals surface area contributed by atoms with Gasteiger partial charge in [-0.2, -0.15) is 0 Å². The highest BCUT2D eigenvalue weighted by atomic mass is 16.5. The summed E-state index contributed by atoms with van der Waals surface area (Å²) in [5, 5.41) is 20.9. The molecule has 0 bridgehead atoms. The van der Waals surface area contributed by atoms with Crippen molar-refractivity contribution in [2.24, 2.45) is 34.5 Å². The number of carbonyl (C=O) groups is 3. The van der Waals surface area contributed by atoms with Gasteiger partial charge in [0, 0.05) is 12.8 Å². The van der Waals surface area contributed by atoms with Gasteiger partial charge in [-0.25, -0.2) is 0 Å². The predicted molar refractivity (Wildman–Crippen MR) is 123 cm³/mol. The highest BCUT2D eigenvalue weighted by Crippen LogP contribution is 2.69. The molecule has 0 amide bonds. The number of ketones is 1. The second kappa shape index (κ2) is 8.83. The van der Waals surface area contributed by atoms with Gasteiger partial charge in [0.2, 0.25) is 0 Å². The Hall–Kier alpha value is -1.69. The van der Waals surface area contributed by atoms with E-state index in [1.807, 2.05) is 0 Å². The molecule has 2 N–H and O–H groups in total. The van der Waals surface area contributed by atoms with Gasteiger partial charge in [0.05, 0.1) is 18.1 Å². The maximum Gasteiger partial charge on any atom is 0.309 e. The number of fused-ring (bicyclic) bond motifs is 5. The van der Waals surface area contributed by atoms with Crippen LogP contribution in [0.15, 0.2) is 11.6 Å². The molecule has 0 aromatic carbocycles. The van der Waals surface area contributed by atoms with E-state index in [2.05, 4.69) is 20.8 Å². The van der Waals surface area contributed by atoms with Crippen molar-refractivity contribution in [2.45, 2.75) is 97.0 Å². The number of hydrogen-bond donors (Lipinski definition) is 2. The molecular formula is C27H40O6. The first kappa shape index (κ1) is 24.4. The van der Waals surface area contributed by atoms with Crippen LogP contribution >= 0.6 is 0 Å². The fraction of sp³-hybridized carbons (Fsp3) is 0.815. The van der Waals surface area contributed by atoms with Gasteiger partial charge in [0.15, 0.2) is 5.78 Å². The Balaban J connectivity index is 1.69. The number of rotatable bonds is 7. The summed E-state index contributed by atoms with van der Waals surface area (Å²) in [7, 11) is 0. The second-order valence-electron chi connectivity index (χ2n) is 11.6. The van der Waals surface area contributed by atoms with E-state index >= 15 is 0 Å². The molecule has 1 unspecified atom stereocenters. The first-order valence-electron chi connectivity index (χ1n) is 12.9. The molecule has 3 fully saturated rings. The van der Waals surface area contributed by atoms with Crippen LogP contribution in [0.3, 0.4) is 0 Å². The first-order chi connectivity index (χ1) is 15.6. The number of unbranched alkanes of at least 4 members (excludes halogenated alkanes) is 1. The molecular weight excluding hydrogens is 420 g/mol. The summed E-state index contributed by atoms with van der Waals surface area (Å²) >= 11 is 0. The molecule has 0 radical (unpaired) electrons. The minimum atomic E-state index is -1.02. The highest BCUT2D eigenvalue weighted by molar-refractivity contribution is 5.92. The van der Waals surface area contributed by atoms with E-state index in [1.54, 1.807) is 6.08 Å². The number of ether oxygens (including phenoxy) is 1. The Labute approximate surface area is 197 Å². The summed E-state index contributed by atoms with van der Waals surface area (Å²) < 4.78 is 5.73. The molecule has 0 aromatic heterocycles. The monoisotopic (exact) mass is 460 g/mol. The number of carboxylic acids is 1. The van der Waals surface area contributed by atoms with Crippen molar-refractivity contribution in [3.63, 3.8) is 0 Å². The minimum absolute atomic E-state index is 0.0396. The number of aliphatic carboxylic acids is 1. The highest BCUT2D eigenvalue weighted by Gasteiger charge is 2.66. The van der Waals surface area contributed by atoms with Gasteiger partial charge < -0.3 is 14.9 Å². The van der Waals surface area contributed by atoms with Crippen LogP contribution < -0.4 is 0 Å². The van der Waals surface area contributed by atoms with E-state index in [0.717, 1.165) is 44.1 Å². The predicted octanol–water partition coefficient (Wildman–Crippen LogP) is 4.68. The summed E-state index contributed by atoms with van der Waals surface area (Å²) in [6.07, 6.45) is 8.85. The van der Waals surface area contributed by atoms with E-state index in [9.17, 15) is 24.6 Å². The third-order valence-corrected chi connectivity index (χ3v) is 10.1. The lowest BCUT2D eigenvalue weighted by Crippen LogP contribution is -2.58. The number of carboxylic acid groups (broad SMARTS) is 1. The largest absolute Gasteiger partial charge is 0.481 e. The van der Waals surface area contributed by atoms with E-state index in [-0.39, 0.29) is 53.7 Å². The summed E-state index contributed by atoms with van der Waals surface area (Å²) in [6, 6.07) is 0. The van der Waals surface area contributed by atoms with Gasteiger partial charge in [-0.1, -0.05) is 32.8 Å². The van der Waals surface area contributed by atoms with E-state index < -0.39 is 17.0 Å². The van der Waals surface area contributed by atoms with E-state index in [0.29, 0.717) is 25.9 Å². The Morgan fingerprint density at radius 2 is 1.88 bits per heavy atom. The Bertz CT molecular complexity index is 848. The van der Waals surface area contributed by atoms with Gasteiger partial charge in [-0.15, -0.1) is 0 Å². The van der Waals surface area contributed by atoms with E-state index in [4.69, 9.17) is 4.74 Å². The van der Waals surface area contributed by atoms with Crippen molar-refractivity contribution in [2.75, 3.05) is 6.61 Å². The lowest BCUT2D eigenvalue weighted by molar-refractivity contribution is -0.171. The van der Waals surface area contributed by atoms with E-state index in [1.165, 1.54) is 0 Å². The summed E-state index contributed by atoms with van der Waals surface area (Å²) in [6.45, 7) is 6.89. The molecule has 33 heavy (non-hydrogen) atoms. The Morgan fingerprint density at radius 1 is 1.15 bits per heavy atom. The van der Waals surface area contributed by atoms with Crippen LogP contribution in [0, 0.1) is 34.5 Å². The molecule has 4 aliphatic carbocycles. The lowest BCUT2D eigenvalue weighted by Gasteiger charge is -2.60. The fourth-order valence-electron chi connectivity index (χ4n) is 8.06. The Kier molecular flexibility index (Phi) is 6.54. The van der Waals surface area contributed by atoms with Gasteiger partial charge in [-0.3, -0.25) is 14.4 Å². The van der Waals surface area contributed by atoms with Crippen molar-refractivity contribution < 1.29 is 29.3 Å². The number of esters is 1. The zero-order chi connectivity index (χ0) is 24.0. The normalized spacial score (nSPS) is 42.1. The van der Waals surface area contributed by atoms with Crippen LogP contribution in [0.1, 0.15) is 91.4 Å². The number of allylic oxidation sites excluding steroid dienone is 1. The smallest absolute Gasteiger partial charge is 0.309 e. The van der Waals surface area contributed by atoms with Crippen LogP contribution in [0.4, 0.5) is 0 Å². The van der Waals surface area contributed by atoms with Gasteiger partial charge in [0.1, 0.15) is 0 Å². The molecule has 0 aromatic rings. The SMILES string of the molecule is CCCCOC(=O)C1CC2=CC(=O)CC[C@]2(C)[C@H]2CC[C@@]3(C)[C@@H](CC[C@]3(O)CCC(=O)O)[C@H]12. The molecule has 0 spiro atoms. The first-order valence-corrected chi connectivity index (χ1v) is 12.9. The molecule has 4 rings (SSSR count). The summed E-state index contributed by atoms with van der Waals surface area (Å²) in [5.74, 6) is -0.679. The van der Waals surface area contributed by atoms with Crippen LogP contribution in [-0.4, -0.2) is 40.1 Å². The van der Waals surface area contributed by atoms with Crippen LogP contribution in [0.2, 0.25) is 0 Å². The number of hydrogen-bond acceptors (Lipinski definition) is 5. The topological polar surface area (TPSA) is 101 Å². The van der Waals surface area contributed by atoms with Crippen molar-refractivity contribution in [3.8, 4) is 0 Å². The molecule has 3 saturated carbocycles. The van der Waals surface area contributed by atoms with Crippen molar-refractivity contribution >= 4 is 17.7 Å². The third kappa shape index (κ3) is 3.96. The van der Waals surface area contributed by atoms with Gasteiger partial charge in [-0.05, 0) is 86.0 Å². The van der Waals surface area contributed by atoms with Crippen molar-refractivity contribution in [3.05, 3.63) is 11.6 Å². The molecule has 6 nitrogen and oxygen atoms in total. The molecule has 7 atom stereocenters. The average molecular weight is 461 g/mol. The zero-order valence-electron chi connectivity index (χ0n) is 20.4. The molecule has 0 aliphatic heterocycles. The summed E-state index contributed by atoms with van der Waals surface area (Å²) in [5.41, 5.74) is -0.410. The maximum absolute atomic E-state index is 13.4. The standard InChI is InChI=1S/C27H40O6/c1-4-5-14-33-24(31)19-16-17-15-18(28)6-10-25(17,2)20-7-11-26(3)21(23(19)20)8-12-27(26,32)13-9-22(29)30/h15,19-21,23,32H,4-14,16H2,1-3H3,(H,29,30)/t19?,20-,21-,23+,25-,26-,27-/m0/s1. The van der Waals surface area contributed by atoms with Crippen molar-refractivity contribution in [1.82, 2.24) is 0 Å². The molecule has 4 aliphatic rings. The van der Waals surface area contributed by atoms with Crippen LogP contribution in [0.5, 0.6) is 0 Å². The quantitative estimate of drug-likeness (QED) is 0.422. The average Bonchev–Trinajstić information content (AvgIpc) is 3.03. The maximum atomic E-state index is 13.4. The zero-order valence-corrected chi connectivity index (χ0v) is 20.4. The fourth-order valence-corrected chi connectivity index (χ4v) is 8.06. The second-order valence-corrected chi connectivity index (χ2v) is 11.6. The molecule has 0 saturated heterocycles. The van der Waals surface area contributed by atoms with Crippen molar-refractivity contribution in [1.29, 1.82) is 0 Å². The summed E-state index contributed by atoms with van der Waals surface area (Å²) in [4.78, 5) is 36.9. The molecule has 0 heterocycles.